The van der Waals surface area contributed by atoms with Crippen molar-refractivity contribution in [2.45, 2.75) is 43.7 Å². The Hall–Kier alpha value is -3.09. The second-order valence-electron chi connectivity index (χ2n) is 9.80. The summed E-state index contributed by atoms with van der Waals surface area (Å²) in [5.41, 5.74) is 1.10. The van der Waals surface area contributed by atoms with Gasteiger partial charge in [0, 0.05) is 41.2 Å². The van der Waals surface area contributed by atoms with Gasteiger partial charge in [0.15, 0.2) is 0 Å². The second-order valence-corrected chi connectivity index (χ2v) is 9.80. The van der Waals surface area contributed by atoms with Gasteiger partial charge in [-0.2, -0.15) is 0 Å². The SMILES string of the molecule is COc1ccc([C@@H]2[C@@H]3CCCC[C@@]3(O)CCN2CC(=O)Nc2cccc3ccccc23)c(OC)c1. The van der Waals surface area contributed by atoms with E-state index in [0.29, 0.717) is 13.0 Å². The quantitative estimate of drug-likeness (QED) is 0.516. The van der Waals surface area contributed by atoms with Crippen LogP contribution in [0.5, 0.6) is 11.5 Å². The molecule has 6 heteroatoms. The molecule has 0 unspecified atom stereocenters. The molecule has 0 radical (unpaired) electrons. The summed E-state index contributed by atoms with van der Waals surface area (Å²) in [7, 11) is 3.30. The first-order chi connectivity index (χ1) is 17.0. The lowest BCUT2D eigenvalue weighted by Gasteiger charge is -2.52. The molecule has 3 aromatic carbocycles. The fourth-order valence-electron chi connectivity index (χ4n) is 6.10. The van der Waals surface area contributed by atoms with Crippen molar-refractivity contribution >= 4 is 22.4 Å². The fraction of sp³-hybridized carbons (Fsp3) is 0.414. The van der Waals surface area contributed by atoms with Crippen molar-refractivity contribution in [3.63, 3.8) is 0 Å². The molecule has 2 N–H and O–H groups in total. The number of nitrogens with one attached hydrogen (secondary N) is 1. The van der Waals surface area contributed by atoms with E-state index in [4.69, 9.17) is 9.47 Å². The van der Waals surface area contributed by atoms with E-state index in [-0.39, 0.29) is 24.4 Å². The second kappa shape index (κ2) is 9.88. The topological polar surface area (TPSA) is 71.0 Å². The minimum Gasteiger partial charge on any atom is -0.497 e. The Balaban J connectivity index is 1.45. The summed E-state index contributed by atoms with van der Waals surface area (Å²) in [6.07, 6.45) is 4.54. The summed E-state index contributed by atoms with van der Waals surface area (Å²) in [4.78, 5) is 15.5. The molecule has 184 valence electrons. The van der Waals surface area contributed by atoms with Gasteiger partial charge in [-0.05, 0) is 36.8 Å². The number of fused-ring (bicyclic) bond motifs is 2. The van der Waals surface area contributed by atoms with Crippen LogP contribution in [0.15, 0.2) is 60.7 Å². The van der Waals surface area contributed by atoms with Gasteiger partial charge in [0.25, 0.3) is 0 Å². The van der Waals surface area contributed by atoms with Gasteiger partial charge >= 0.3 is 0 Å². The average Bonchev–Trinajstić information content (AvgIpc) is 2.88. The maximum absolute atomic E-state index is 13.3. The molecule has 1 aliphatic carbocycles. The third-order valence-electron chi connectivity index (χ3n) is 7.84. The molecule has 0 bridgehead atoms. The first-order valence-corrected chi connectivity index (χ1v) is 12.5. The zero-order valence-corrected chi connectivity index (χ0v) is 20.5. The summed E-state index contributed by atoms with van der Waals surface area (Å²) in [6.45, 7) is 0.894. The highest BCUT2D eigenvalue weighted by Gasteiger charge is 2.49. The van der Waals surface area contributed by atoms with Crippen LogP contribution in [0, 0.1) is 5.92 Å². The molecule has 6 nitrogen and oxygen atoms in total. The van der Waals surface area contributed by atoms with Crippen LogP contribution in [0.25, 0.3) is 10.8 Å². The zero-order valence-electron chi connectivity index (χ0n) is 20.5. The number of ether oxygens (including phenoxy) is 2. The number of carbonyl (C=O) groups excluding carboxylic acids is 1. The van der Waals surface area contributed by atoms with Crippen LogP contribution in [0.3, 0.4) is 0 Å². The van der Waals surface area contributed by atoms with Crippen LogP contribution in [0.1, 0.15) is 43.7 Å². The van der Waals surface area contributed by atoms with Crippen molar-refractivity contribution < 1.29 is 19.4 Å². The smallest absolute Gasteiger partial charge is 0.238 e. The zero-order chi connectivity index (χ0) is 24.4. The molecular formula is C29H34N2O4. The van der Waals surface area contributed by atoms with Crippen molar-refractivity contribution in [3.05, 3.63) is 66.2 Å². The molecule has 0 spiro atoms. The van der Waals surface area contributed by atoms with E-state index in [0.717, 1.165) is 59.2 Å². The van der Waals surface area contributed by atoms with Crippen molar-refractivity contribution in [1.29, 1.82) is 0 Å². The van der Waals surface area contributed by atoms with Crippen LogP contribution < -0.4 is 14.8 Å². The largest absolute Gasteiger partial charge is 0.497 e. The van der Waals surface area contributed by atoms with Crippen molar-refractivity contribution in [2.75, 3.05) is 32.6 Å². The molecule has 1 heterocycles. The van der Waals surface area contributed by atoms with Gasteiger partial charge in [-0.25, -0.2) is 0 Å². The van der Waals surface area contributed by atoms with Gasteiger partial charge in [-0.3, -0.25) is 9.69 Å². The lowest BCUT2D eigenvalue weighted by atomic mass is 9.66. The van der Waals surface area contributed by atoms with Crippen LogP contribution in [0.4, 0.5) is 5.69 Å². The number of hydrogen-bond acceptors (Lipinski definition) is 5. The van der Waals surface area contributed by atoms with Crippen molar-refractivity contribution in [2.24, 2.45) is 5.92 Å². The predicted molar refractivity (Wildman–Crippen MR) is 138 cm³/mol. The Morgan fingerprint density at radius 1 is 1.06 bits per heavy atom. The molecule has 0 aromatic heterocycles. The summed E-state index contributed by atoms with van der Waals surface area (Å²) < 4.78 is 11.2. The molecule has 2 fully saturated rings. The fourth-order valence-corrected chi connectivity index (χ4v) is 6.10. The Kier molecular flexibility index (Phi) is 6.67. The number of anilines is 1. The van der Waals surface area contributed by atoms with Crippen LogP contribution in [-0.4, -0.2) is 48.8 Å². The first-order valence-electron chi connectivity index (χ1n) is 12.5. The van der Waals surface area contributed by atoms with E-state index in [1.165, 1.54) is 0 Å². The lowest BCUT2D eigenvalue weighted by Crippen LogP contribution is -2.56. The van der Waals surface area contributed by atoms with Gasteiger partial charge in [0.05, 0.1) is 26.4 Å². The van der Waals surface area contributed by atoms with E-state index in [1.807, 2.05) is 60.7 Å². The first kappa shape index (κ1) is 23.6. The summed E-state index contributed by atoms with van der Waals surface area (Å²) in [5, 5.41) is 16.9. The van der Waals surface area contributed by atoms with Gasteiger partial charge in [-0.1, -0.05) is 55.3 Å². The number of hydrogen-bond donors (Lipinski definition) is 2. The summed E-state index contributed by atoms with van der Waals surface area (Å²) in [5.74, 6) is 1.43. The van der Waals surface area contributed by atoms with E-state index in [9.17, 15) is 9.90 Å². The third kappa shape index (κ3) is 4.60. The number of nitrogens with zero attached hydrogens (tertiary/aromatic N) is 1. The molecule has 35 heavy (non-hydrogen) atoms. The number of methoxy groups -OCH3 is 2. The van der Waals surface area contributed by atoms with Gasteiger partial charge < -0.3 is 19.9 Å². The van der Waals surface area contributed by atoms with E-state index < -0.39 is 5.60 Å². The molecule has 5 rings (SSSR count). The molecule has 1 saturated carbocycles. The maximum Gasteiger partial charge on any atom is 0.238 e. The molecule has 1 aliphatic heterocycles. The Bertz CT molecular complexity index is 1210. The van der Waals surface area contributed by atoms with Crippen LogP contribution >= 0.6 is 0 Å². The highest BCUT2D eigenvalue weighted by molar-refractivity contribution is 6.02. The molecule has 1 amide bonds. The van der Waals surface area contributed by atoms with Crippen LogP contribution in [0.2, 0.25) is 0 Å². The minimum absolute atomic E-state index is 0.0395. The molecule has 3 aromatic rings. The number of benzene rings is 3. The van der Waals surface area contributed by atoms with E-state index in [2.05, 4.69) is 10.2 Å². The molecule has 1 saturated heterocycles. The van der Waals surface area contributed by atoms with E-state index in [1.54, 1.807) is 14.2 Å². The van der Waals surface area contributed by atoms with Gasteiger partial charge in [0.1, 0.15) is 11.5 Å². The number of likely N-dealkylation sites (tertiary alicyclic amines) is 1. The predicted octanol–water partition coefficient (Wildman–Crippen LogP) is 5.16. The van der Waals surface area contributed by atoms with Gasteiger partial charge in [-0.15, -0.1) is 0 Å². The summed E-state index contributed by atoms with van der Waals surface area (Å²) in [6, 6.07) is 19.7. The standard InChI is InChI=1S/C29H34N2O4/c1-34-21-13-14-23(26(18-21)35-2)28-24-11-5-6-15-29(24,33)16-17-31(28)19-27(32)30-25-12-7-9-20-8-3-4-10-22(20)25/h3-4,7-10,12-14,18,24,28,33H,5-6,11,15-17,19H2,1-2H3,(H,30,32)/t24-,28+,29+/m0/s1. The maximum atomic E-state index is 13.3. The highest BCUT2D eigenvalue weighted by atomic mass is 16.5. The Labute approximate surface area is 206 Å². The average molecular weight is 475 g/mol. The number of piperidine rings is 1. The normalized spacial score (nSPS) is 24.5. The third-order valence-corrected chi connectivity index (χ3v) is 7.84. The highest BCUT2D eigenvalue weighted by Crippen LogP contribution is 2.51. The number of carbonyl (C=O) groups is 1. The molecule has 3 atom stereocenters. The van der Waals surface area contributed by atoms with Crippen molar-refractivity contribution in [1.82, 2.24) is 4.90 Å². The molecule has 2 aliphatic rings. The minimum atomic E-state index is -0.712. The summed E-state index contributed by atoms with van der Waals surface area (Å²) >= 11 is 0. The number of aliphatic hydroxyl groups is 1. The monoisotopic (exact) mass is 474 g/mol. The van der Waals surface area contributed by atoms with Crippen molar-refractivity contribution in [3.8, 4) is 11.5 Å². The number of rotatable bonds is 6. The lowest BCUT2D eigenvalue weighted by molar-refractivity contribution is -0.135. The van der Waals surface area contributed by atoms with Gasteiger partial charge in [0.2, 0.25) is 5.91 Å². The molecular weight excluding hydrogens is 440 g/mol. The Morgan fingerprint density at radius 2 is 1.89 bits per heavy atom. The Morgan fingerprint density at radius 3 is 2.71 bits per heavy atom. The number of amides is 1. The van der Waals surface area contributed by atoms with Crippen LogP contribution in [-0.2, 0) is 4.79 Å². The van der Waals surface area contributed by atoms with E-state index >= 15 is 0 Å².